The molecular weight excluding hydrogens is 436 g/mol. The fourth-order valence-corrected chi connectivity index (χ4v) is 2.99. The Balaban J connectivity index is 0.00000133. The van der Waals surface area contributed by atoms with Crippen molar-refractivity contribution < 1.29 is 24.8 Å². The van der Waals surface area contributed by atoms with Crippen LogP contribution < -0.4 is 4.74 Å². The van der Waals surface area contributed by atoms with Gasteiger partial charge in [-0.05, 0) is 18.4 Å². The van der Waals surface area contributed by atoms with Gasteiger partial charge >= 0.3 is 0 Å². The topological polar surface area (TPSA) is 45.9 Å². The first-order chi connectivity index (χ1) is 8.74. The molecule has 5 heteroatoms. The Bertz CT molecular complexity index is 804. The van der Waals surface area contributed by atoms with Crippen molar-refractivity contribution in [2.75, 3.05) is 7.11 Å². The first-order valence-electron chi connectivity index (χ1n) is 5.43. The molecule has 19 heavy (non-hydrogen) atoms. The number of hydrogen-bond donors (Lipinski definition) is 0. The number of aromatic nitrogens is 1. The van der Waals surface area contributed by atoms with Crippen LogP contribution in [-0.4, -0.2) is 12.1 Å². The Labute approximate surface area is 128 Å². The van der Waals surface area contributed by atoms with Gasteiger partial charge in [-0.3, -0.25) is 4.98 Å². The minimum absolute atomic E-state index is 0. The molecule has 0 N–H and O–H groups in total. The number of methoxy groups -OCH3 is 1. The van der Waals surface area contributed by atoms with E-state index in [1.54, 1.807) is 24.5 Å². The SMILES string of the molecule is COc1cc[c-]c2c1c(C#N)cc1sc(C)nc12.[Ir]. The third-order valence-electron chi connectivity index (χ3n) is 2.84. The first kappa shape index (κ1) is 13.9. The monoisotopic (exact) mass is 446 g/mol. The van der Waals surface area contributed by atoms with E-state index in [-0.39, 0.29) is 20.1 Å². The molecular formula is C14H9IrN2OS-. The van der Waals surface area contributed by atoms with Crippen LogP contribution in [0.3, 0.4) is 0 Å². The van der Waals surface area contributed by atoms with Crippen molar-refractivity contribution >= 4 is 32.3 Å². The number of fused-ring (bicyclic) bond motifs is 3. The zero-order valence-corrected chi connectivity index (χ0v) is 13.5. The molecule has 0 amide bonds. The number of nitrogens with zero attached hydrogens (tertiary/aromatic N) is 2. The van der Waals surface area contributed by atoms with E-state index in [4.69, 9.17) is 4.74 Å². The van der Waals surface area contributed by atoms with Gasteiger partial charge in [-0.15, -0.1) is 34.9 Å². The van der Waals surface area contributed by atoms with Crippen LogP contribution in [0.4, 0.5) is 0 Å². The molecule has 1 aromatic heterocycles. The Morgan fingerprint density at radius 3 is 2.95 bits per heavy atom. The molecule has 0 bridgehead atoms. The quantitative estimate of drug-likeness (QED) is 0.539. The zero-order valence-electron chi connectivity index (χ0n) is 10.3. The fourth-order valence-electron chi connectivity index (χ4n) is 2.11. The summed E-state index contributed by atoms with van der Waals surface area (Å²) in [4.78, 5) is 4.51. The average Bonchev–Trinajstić information content (AvgIpc) is 2.77. The van der Waals surface area contributed by atoms with Gasteiger partial charge in [-0.1, -0.05) is 0 Å². The van der Waals surface area contributed by atoms with E-state index in [0.29, 0.717) is 11.3 Å². The molecule has 0 spiro atoms. The molecule has 0 aliphatic heterocycles. The fraction of sp³-hybridized carbons (Fsp3) is 0.143. The van der Waals surface area contributed by atoms with Gasteiger partial charge in [0, 0.05) is 41.6 Å². The average molecular weight is 446 g/mol. The Morgan fingerprint density at radius 1 is 1.47 bits per heavy atom. The molecule has 0 fully saturated rings. The van der Waals surface area contributed by atoms with Crippen LogP contribution in [0.5, 0.6) is 5.75 Å². The maximum atomic E-state index is 9.29. The zero-order chi connectivity index (χ0) is 12.7. The van der Waals surface area contributed by atoms with Gasteiger partial charge < -0.3 is 4.74 Å². The van der Waals surface area contributed by atoms with Gasteiger partial charge in [-0.25, -0.2) is 0 Å². The molecule has 3 aromatic rings. The van der Waals surface area contributed by atoms with Crippen molar-refractivity contribution in [1.29, 1.82) is 5.26 Å². The molecule has 1 heterocycles. The largest absolute Gasteiger partial charge is 0.515 e. The molecule has 2 aromatic carbocycles. The van der Waals surface area contributed by atoms with Crippen molar-refractivity contribution in [2.45, 2.75) is 6.92 Å². The number of thiazole rings is 1. The van der Waals surface area contributed by atoms with Crippen LogP contribution in [0, 0.1) is 24.3 Å². The number of ether oxygens (including phenoxy) is 1. The normalized spacial score (nSPS) is 10.2. The number of aryl methyl sites for hydroxylation is 1. The van der Waals surface area contributed by atoms with E-state index in [0.717, 1.165) is 26.0 Å². The second-order valence-electron chi connectivity index (χ2n) is 3.91. The minimum Gasteiger partial charge on any atom is -0.515 e. The molecule has 0 saturated heterocycles. The number of nitriles is 1. The third-order valence-corrected chi connectivity index (χ3v) is 3.76. The summed E-state index contributed by atoms with van der Waals surface area (Å²) < 4.78 is 6.35. The summed E-state index contributed by atoms with van der Waals surface area (Å²) >= 11 is 1.59. The molecule has 3 rings (SSSR count). The van der Waals surface area contributed by atoms with Crippen molar-refractivity contribution in [2.24, 2.45) is 0 Å². The number of hydrogen-bond acceptors (Lipinski definition) is 4. The summed E-state index contributed by atoms with van der Waals surface area (Å²) in [6, 6.07) is 10.9. The summed E-state index contributed by atoms with van der Waals surface area (Å²) in [5.74, 6) is 0.688. The summed E-state index contributed by atoms with van der Waals surface area (Å²) in [5, 5.41) is 11.9. The third kappa shape index (κ3) is 2.12. The molecule has 0 aliphatic rings. The van der Waals surface area contributed by atoms with Crippen LogP contribution in [0.15, 0.2) is 18.2 Å². The second-order valence-corrected chi connectivity index (χ2v) is 5.15. The predicted molar refractivity (Wildman–Crippen MR) is 72.0 cm³/mol. The summed E-state index contributed by atoms with van der Waals surface area (Å²) in [6.45, 7) is 1.96. The van der Waals surface area contributed by atoms with Crippen molar-refractivity contribution in [3.05, 3.63) is 34.8 Å². The second kappa shape index (κ2) is 5.26. The standard InChI is InChI=1S/C14H9N2OS.Ir/c1-8-16-14-10-4-3-5-11(17-2)13(10)9(7-15)6-12(14)18-8;/h3,5-6H,1-2H3;/q-1;. The van der Waals surface area contributed by atoms with Gasteiger partial charge in [0.2, 0.25) is 0 Å². The molecule has 0 atom stereocenters. The molecule has 1 radical (unpaired) electrons. The molecule has 97 valence electrons. The maximum absolute atomic E-state index is 9.29. The number of benzene rings is 2. The predicted octanol–water partition coefficient (Wildman–Crippen LogP) is 3.44. The molecule has 3 nitrogen and oxygen atoms in total. The van der Waals surface area contributed by atoms with Gasteiger partial charge in [0.25, 0.3) is 0 Å². The van der Waals surface area contributed by atoms with Crippen LogP contribution in [0.25, 0.3) is 21.0 Å². The van der Waals surface area contributed by atoms with E-state index in [1.807, 2.05) is 19.1 Å². The summed E-state index contributed by atoms with van der Waals surface area (Å²) in [5.41, 5.74) is 1.50. The van der Waals surface area contributed by atoms with Crippen LogP contribution in [0.2, 0.25) is 0 Å². The first-order valence-corrected chi connectivity index (χ1v) is 6.25. The van der Waals surface area contributed by atoms with E-state index >= 15 is 0 Å². The van der Waals surface area contributed by atoms with Crippen LogP contribution in [-0.2, 0) is 20.1 Å². The van der Waals surface area contributed by atoms with Crippen molar-refractivity contribution in [3.63, 3.8) is 0 Å². The maximum Gasteiger partial charge on any atom is 0.0897 e. The van der Waals surface area contributed by atoms with Crippen LogP contribution >= 0.6 is 11.3 Å². The van der Waals surface area contributed by atoms with Gasteiger partial charge in [0.05, 0.1) is 18.2 Å². The van der Waals surface area contributed by atoms with E-state index in [9.17, 15) is 5.26 Å². The van der Waals surface area contributed by atoms with E-state index < -0.39 is 0 Å². The van der Waals surface area contributed by atoms with Crippen LogP contribution in [0.1, 0.15) is 10.6 Å². The minimum atomic E-state index is 0. The van der Waals surface area contributed by atoms with Crippen molar-refractivity contribution in [1.82, 2.24) is 4.98 Å². The van der Waals surface area contributed by atoms with Crippen molar-refractivity contribution in [3.8, 4) is 11.8 Å². The summed E-state index contributed by atoms with van der Waals surface area (Å²) in [6.07, 6.45) is 0. The molecule has 0 unspecified atom stereocenters. The Morgan fingerprint density at radius 2 is 2.26 bits per heavy atom. The van der Waals surface area contributed by atoms with Gasteiger partial charge in [-0.2, -0.15) is 5.26 Å². The molecule has 0 aliphatic carbocycles. The van der Waals surface area contributed by atoms with E-state index in [2.05, 4.69) is 17.1 Å². The van der Waals surface area contributed by atoms with Gasteiger partial charge in [0.15, 0.2) is 0 Å². The van der Waals surface area contributed by atoms with Gasteiger partial charge in [0.1, 0.15) is 0 Å². The van der Waals surface area contributed by atoms with E-state index in [1.165, 1.54) is 0 Å². The summed E-state index contributed by atoms with van der Waals surface area (Å²) in [7, 11) is 1.60. The Kier molecular flexibility index (Phi) is 3.86. The smallest absolute Gasteiger partial charge is 0.0897 e. The molecule has 0 saturated carbocycles. The number of rotatable bonds is 1. The Hall–Kier alpha value is -1.47.